The fourth-order valence-corrected chi connectivity index (χ4v) is 2.00. The second kappa shape index (κ2) is 7.16. The molecule has 1 aliphatic carbocycles. The largest absolute Gasteiger partial charge is 0.462 e. The molecule has 1 N–H and O–H groups in total. The molecule has 0 spiro atoms. The minimum atomic E-state index is -0.679. The van der Waals surface area contributed by atoms with Crippen molar-refractivity contribution >= 4 is 11.9 Å². The molecule has 0 amide bonds. The van der Waals surface area contributed by atoms with Crippen molar-refractivity contribution in [1.29, 1.82) is 0 Å². The molecule has 0 radical (unpaired) electrons. The molecule has 18 heavy (non-hydrogen) atoms. The maximum absolute atomic E-state index is 11.1. The summed E-state index contributed by atoms with van der Waals surface area (Å²) in [6.45, 7) is 5.30. The van der Waals surface area contributed by atoms with Crippen LogP contribution in [0.5, 0.6) is 0 Å². The van der Waals surface area contributed by atoms with E-state index in [1.54, 1.807) is 6.92 Å². The zero-order valence-corrected chi connectivity index (χ0v) is 10.6. The van der Waals surface area contributed by atoms with Crippen molar-refractivity contribution in [3.63, 3.8) is 0 Å². The van der Waals surface area contributed by atoms with Crippen LogP contribution in [-0.4, -0.2) is 35.9 Å². The van der Waals surface area contributed by atoms with Gasteiger partial charge in [-0.15, -0.1) is 0 Å². The van der Waals surface area contributed by atoms with Crippen molar-refractivity contribution in [3.05, 3.63) is 12.7 Å². The minimum Gasteiger partial charge on any atom is -0.462 e. The van der Waals surface area contributed by atoms with Crippen LogP contribution in [-0.2, 0) is 19.1 Å². The first-order valence-electron chi connectivity index (χ1n) is 6.23. The predicted octanol–water partition coefficient (Wildman–Crippen LogP) is 1.20. The van der Waals surface area contributed by atoms with Crippen LogP contribution in [0.25, 0.3) is 0 Å². The highest BCUT2D eigenvalue weighted by atomic mass is 16.6. The number of hydrogen-bond donors (Lipinski definition) is 1. The lowest BCUT2D eigenvalue weighted by Crippen LogP contribution is -2.38. The van der Waals surface area contributed by atoms with Crippen LogP contribution in [0.2, 0.25) is 0 Å². The topological polar surface area (TPSA) is 72.8 Å². The first-order valence-corrected chi connectivity index (χ1v) is 6.23. The van der Waals surface area contributed by atoms with Gasteiger partial charge in [0.25, 0.3) is 0 Å². The van der Waals surface area contributed by atoms with Crippen molar-refractivity contribution in [2.45, 2.75) is 44.8 Å². The fourth-order valence-electron chi connectivity index (χ4n) is 2.00. The van der Waals surface area contributed by atoms with Crippen molar-refractivity contribution in [2.75, 3.05) is 6.61 Å². The molecule has 3 unspecified atom stereocenters. The molecule has 0 saturated heterocycles. The molecule has 0 aliphatic heterocycles. The van der Waals surface area contributed by atoms with Gasteiger partial charge in [-0.05, 0) is 25.2 Å². The van der Waals surface area contributed by atoms with Crippen molar-refractivity contribution in [1.82, 2.24) is 0 Å². The van der Waals surface area contributed by atoms with E-state index in [1.807, 2.05) is 0 Å². The van der Waals surface area contributed by atoms with E-state index in [0.29, 0.717) is 19.3 Å². The molecular weight excluding hydrogens is 236 g/mol. The van der Waals surface area contributed by atoms with E-state index in [4.69, 9.17) is 9.47 Å². The van der Waals surface area contributed by atoms with Gasteiger partial charge in [0.15, 0.2) is 0 Å². The molecule has 3 atom stereocenters. The van der Waals surface area contributed by atoms with Crippen molar-refractivity contribution < 1.29 is 24.2 Å². The minimum absolute atomic E-state index is 0.112. The Bertz CT molecular complexity index is 313. The summed E-state index contributed by atoms with van der Waals surface area (Å²) >= 11 is 0. The van der Waals surface area contributed by atoms with E-state index in [9.17, 15) is 14.7 Å². The van der Waals surface area contributed by atoms with Crippen LogP contribution in [0.15, 0.2) is 12.7 Å². The summed E-state index contributed by atoms with van der Waals surface area (Å²) in [5.41, 5.74) is 0. The van der Waals surface area contributed by atoms with Crippen LogP contribution < -0.4 is 0 Å². The summed E-state index contributed by atoms with van der Waals surface area (Å²) in [6.07, 6.45) is 2.16. The van der Waals surface area contributed by atoms with Crippen LogP contribution in [0.3, 0.4) is 0 Å². The van der Waals surface area contributed by atoms with Gasteiger partial charge in [0, 0.05) is 12.5 Å². The second-order valence-corrected chi connectivity index (χ2v) is 4.46. The molecule has 1 aliphatic rings. The molecule has 5 heteroatoms. The molecule has 1 saturated carbocycles. The third-order valence-electron chi connectivity index (χ3n) is 3.06. The van der Waals surface area contributed by atoms with Crippen LogP contribution >= 0.6 is 0 Å². The third kappa shape index (κ3) is 4.49. The van der Waals surface area contributed by atoms with Gasteiger partial charge in [-0.2, -0.15) is 0 Å². The van der Waals surface area contributed by atoms with E-state index < -0.39 is 18.2 Å². The quantitative estimate of drug-likeness (QED) is 0.591. The number of aliphatic hydroxyl groups excluding tert-OH is 1. The maximum atomic E-state index is 11.1. The monoisotopic (exact) mass is 256 g/mol. The Morgan fingerprint density at radius 1 is 1.44 bits per heavy atom. The average Bonchev–Trinajstić information content (AvgIpc) is 2.38. The predicted molar refractivity (Wildman–Crippen MR) is 64.7 cm³/mol. The Kier molecular flexibility index (Phi) is 5.85. The highest BCUT2D eigenvalue weighted by Crippen LogP contribution is 2.27. The Balaban J connectivity index is 2.33. The first-order chi connectivity index (χ1) is 8.56. The molecule has 0 bridgehead atoms. The summed E-state index contributed by atoms with van der Waals surface area (Å²) in [5, 5.41) is 9.87. The maximum Gasteiger partial charge on any atom is 0.330 e. The molecule has 1 rings (SSSR count). The molecule has 0 heterocycles. The molecule has 0 aromatic heterocycles. The lowest BCUT2D eigenvalue weighted by Gasteiger charge is -2.32. The van der Waals surface area contributed by atoms with E-state index in [1.165, 1.54) is 0 Å². The van der Waals surface area contributed by atoms with Gasteiger partial charge < -0.3 is 14.6 Å². The van der Waals surface area contributed by atoms with Crippen LogP contribution in [0, 0.1) is 5.92 Å². The summed E-state index contributed by atoms with van der Waals surface area (Å²) in [7, 11) is 0. The zero-order chi connectivity index (χ0) is 13.5. The van der Waals surface area contributed by atoms with Gasteiger partial charge in [0.1, 0.15) is 6.10 Å². The van der Waals surface area contributed by atoms with Gasteiger partial charge in [-0.3, -0.25) is 4.79 Å². The lowest BCUT2D eigenvalue weighted by atomic mass is 9.86. The molecule has 5 nitrogen and oxygen atoms in total. The van der Waals surface area contributed by atoms with Gasteiger partial charge in [-0.1, -0.05) is 13.5 Å². The Hall–Kier alpha value is -1.36. The van der Waals surface area contributed by atoms with E-state index in [2.05, 4.69) is 6.58 Å². The highest BCUT2D eigenvalue weighted by Gasteiger charge is 2.31. The molecule has 1 fully saturated rings. The molecule has 0 aromatic carbocycles. The number of esters is 2. The Morgan fingerprint density at radius 3 is 2.72 bits per heavy atom. The highest BCUT2D eigenvalue weighted by molar-refractivity contribution is 5.81. The van der Waals surface area contributed by atoms with Crippen LogP contribution in [0.4, 0.5) is 0 Å². The number of rotatable bonds is 5. The number of carbonyl (C=O) groups excluding carboxylic acids is 2. The second-order valence-electron chi connectivity index (χ2n) is 4.46. The molecule has 0 aromatic rings. The van der Waals surface area contributed by atoms with E-state index in [-0.39, 0.29) is 18.5 Å². The van der Waals surface area contributed by atoms with E-state index >= 15 is 0 Å². The Morgan fingerprint density at radius 2 is 2.17 bits per heavy atom. The van der Waals surface area contributed by atoms with Gasteiger partial charge in [0.05, 0.1) is 12.7 Å². The third-order valence-corrected chi connectivity index (χ3v) is 3.06. The van der Waals surface area contributed by atoms with Crippen molar-refractivity contribution in [3.8, 4) is 0 Å². The van der Waals surface area contributed by atoms with Gasteiger partial charge in [0.2, 0.25) is 0 Å². The first kappa shape index (κ1) is 14.7. The summed E-state index contributed by atoms with van der Waals surface area (Å²) < 4.78 is 10.1. The van der Waals surface area contributed by atoms with Crippen LogP contribution in [0.1, 0.15) is 32.6 Å². The number of hydrogen-bond acceptors (Lipinski definition) is 5. The number of ether oxygens (including phenoxy) is 2. The summed E-state index contributed by atoms with van der Waals surface area (Å²) in [6, 6.07) is 0. The normalized spacial score (nSPS) is 27.3. The standard InChI is InChI=1S/C13H20O5/c1-3-12(15)17-8-9-5-6-11(10(14)7-9)18-13(16)4-2/h3,9-11,14H,1,4-8H2,2H3. The number of carbonyl (C=O) groups is 2. The number of aliphatic hydroxyl groups is 1. The zero-order valence-electron chi connectivity index (χ0n) is 10.6. The lowest BCUT2D eigenvalue weighted by molar-refractivity contribution is -0.159. The fraction of sp³-hybridized carbons (Fsp3) is 0.692. The van der Waals surface area contributed by atoms with Crippen molar-refractivity contribution in [2.24, 2.45) is 5.92 Å². The summed E-state index contributed by atoms with van der Waals surface area (Å²) in [4.78, 5) is 22.1. The smallest absolute Gasteiger partial charge is 0.330 e. The average molecular weight is 256 g/mol. The Labute approximate surface area is 107 Å². The SMILES string of the molecule is C=CC(=O)OCC1CCC(OC(=O)CC)C(O)C1. The van der Waals surface area contributed by atoms with E-state index in [0.717, 1.165) is 12.5 Å². The van der Waals surface area contributed by atoms with Gasteiger partial charge in [-0.25, -0.2) is 4.79 Å². The molecular formula is C13H20O5. The summed E-state index contributed by atoms with van der Waals surface area (Å²) in [5.74, 6) is -0.639. The van der Waals surface area contributed by atoms with Gasteiger partial charge >= 0.3 is 11.9 Å². The molecule has 102 valence electrons.